The molecule has 0 amide bonds. The van der Waals surface area contributed by atoms with Crippen LogP contribution in [0.1, 0.15) is 32.3 Å². The van der Waals surface area contributed by atoms with Gasteiger partial charge < -0.3 is 0 Å². The molecule has 2 nitrogen and oxygen atoms in total. The minimum atomic E-state index is -0.688. The van der Waals surface area contributed by atoms with Gasteiger partial charge in [0.15, 0.2) is 5.78 Å². The van der Waals surface area contributed by atoms with Gasteiger partial charge in [-0.1, -0.05) is 18.2 Å². The van der Waals surface area contributed by atoms with Gasteiger partial charge >= 0.3 is 0 Å². The van der Waals surface area contributed by atoms with E-state index in [0.29, 0.717) is 5.56 Å². The van der Waals surface area contributed by atoms with E-state index in [9.17, 15) is 10.1 Å². The number of rotatable bonds is 3. The molecule has 0 fully saturated rings. The number of benzene rings is 1. The second kappa shape index (κ2) is 5.16. The minimum absolute atomic E-state index is 0.122. The molecule has 2 aromatic rings. The SMILES string of the molecule is Cc1ccc(C(=O)C(C#N)c2cccs2)cc1C. The van der Waals surface area contributed by atoms with Gasteiger partial charge in [-0.15, -0.1) is 11.3 Å². The van der Waals surface area contributed by atoms with E-state index in [1.165, 1.54) is 11.3 Å². The summed E-state index contributed by atoms with van der Waals surface area (Å²) in [5.41, 5.74) is 2.83. The highest BCUT2D eigenvalue weighted by molar-refractivity contribution is 7.10. The first kappa shape index (κ1) is 12.5. The summed E-state index contributed by atoms with van der Waals surface area (Å²) in [6.07, 6.45) is 0. The molecule has 0 bridgehead atoms. The van der Waals surface area contributed by atoms with E-state index >= 15 is 0 Å². The largest absolute Gasteiger partial charge is 0.292 e. The quantitative estimate of drug-likeness (QED) is 0.781. The summed E-state index contributed by atoms with van der Waals surface area (Å²) in [7, 11) is 0. The average Bonchev–Trinajstić information content (AvgIpc) is 2.87. The molecule has 18 heavy (non-hydrogen) atoms. The van der Waals surface area contributed by atoms with E-state index in [2.05, 4.69) is 6.07 Å². The lowest BCUT2D eigenvalue weighted by molar-refractivity contribution is 0.0980. The first-order chi connectivity index (χ1) is 8.63. The van der Waals surface area contributed by atoms with Crippen LogP contribution in [0.15, 0.2) is 35.7 Å². The Kier molecular flexibility index (Phi) is 3.59. The fraction of sp³-hybridized carbons (Fsp3) is 0.200. The van der Waals surface area contributed by atoms with Crippen molar-refractivity contribution in [3.63, 3.8) is 0 Å². The Morgan fingerprint density at radius 1 is 1.28 bits per heavy atom. The van der Waals surface area contributed by atoms with Gasteiger partial charge in [0.1, 0.15) is 5.92 Å². The summed E-state index contributed by atoms with van der Waals surface area (Å²) in [4.78, 5) is 13.1. The number of hydrogen-bond donors (Lipinski definition) is 0. The van der Waals surface area contributed by atoms with E-state index < -0.39 is 5.92 Å². The molecular weight excluding hydrogens is 242 g/mol. The summed E-state index contributed by atoms with van der Waals surface area (Å²) in [5, 5.41) is 11.1. The maximum Gasteiger partial charge on any atom is 0.185 e. The summed E-state index contributed by atoms with van der Waals surface area (Å²) in [6.45, 7) is 3.98. The Bertz CT molecular complexity index is 608. The molecule has 1 atom stereocenters. The van der Waals surface area contributed by atoms with Gasteiger partial charge in [-0.2, -0.15) is 5.26 Å². The van der Waals surface area contributed by atoms with Gasteiger partial charge in [0.05, 0.1) is 6.07 Å². The molecular formula is C15H13NOS. The van der Waals surface area contributed by atoms with Gasteiger partial charge in [0.25, 0.3) is 0 Å². The highest BCUT2D eigenvalue weighted by Gasteiger charge is 2.22. The van der Waals surface area contributed by atoms with E-state index in [1.807, 2.05) is 43.5 Å². The van der Waals surface area contributed by atoms with Crippen LogP contribution in [0, 0.1) is 25.2 Å². The van der Waals surface area contributed by atoms with Crippen molar-refractivity contribution in [3.05, 3.63) is 57.3 Å². The lowest BCUT2D eigenvalue weighted by atomic mass is 9.95. The van der Waals surface area contributed by atoms with Gasteiger partial charge in [0.2, 0.25) is 0 Å². The first-order valence-electron chi connectivity index (χ1n) is 5.68. The maximum absolute atomic E-state index is 12.3. The molecule has 0 N–H and O–H groups in total. The molecule has 0 spiro atoms. The predicted molar refractivity (Wildman–Crippen MR) is 72.9 cm³/mol. The number of nitrogens with zero attached hydrogens (tertiary/aromatic N) is 1. The highest BCUT2D eigenvalue weighted by Crippen LogP contribution is 2.25. The van der Waals surface area contributed by atoms with Gasteiger partial charge in [0, 0.05) is 10.4 Å². The number of carbonyl (C=O) groups excluding carboxylic acids is 1. The van der Waals surface area contributed by atoms with Crippen LogP contribution in [-0.4, -0.2) is 5.78 Å². The number of hydrogen-bond acceptors (Lipinski definition) is 3. The molecule has 1 unspecified atom stereocenters. The molecule has 1 heterocycles. The van der Waals surface area contributed by atoms with Crippen molar-refractivity contribution in [2.45, 2.75) is 19.8 Å². The second-order valence-electron chi connectivity index (χ2n) is 4.24. The molecule has 1 aromatic heterocycles. The Balaban J connectivity index is 2.36. The summed E-state index contributed by atoms with van der Waals surface area (Å²) < 4.78 is 0. The lowest BCUT2D eigenvalue weighted by Gasteiger charge is -2.08. The summed E-state index contributed by atoms with van der Waals surface area (Å²) in [5.74, 6) is -0.810. The van der Waals surface area contributed by atoms with Crippen molar-refractivity contribution in [3.8, 4) is 6.07 Å². The third-order valence-electron chi connectivity index (χ3n) is 3.01. The van der Waals surface area contributed by atoms with Crippen LogP contribution in [0.2, 0.25) is 0 Å². The lowest BCUT2D eigenvalue weighted by Crippen LogP contribution is -2.10. The highest BCUT2D eigenvalue weighted by atomic mass is 32.1. The average molecular weight is 255 g/mol. The van der Waals surface area contributed by atoms with Crippen LogP contribution < -0.4 is 0 Å². The Morgan fingerprint density at radius 2 is 2.06 bits per heavy atom. The summed E-state index contributed by atoms with van der Waals surface area (Å²) in [6, 6.07) is 11.4. The first-order valence-corrected chi connectivity index (χ1v) is 6.56. The third-order valence-corrected chi connectivity index (χ3v) is 3.95. The molecule has 0 aliphatic heterocycles. The van der Waals surface area contributed by atoms with E-state index in [-0.39, 0.29) is 5.78 Å². The van der Waals surface area contributed by atoms with Crippen LogP contribution in [0.4, 0.5) is 0 Å². The normalized spacial score (nSPS) is 11.8. The van der Waals surface area contributed by atoms with E-state index in [0.717, 1.165) is 16.0 Å². The molecule has 2 rings (SSSR count). The smallest absolute Gasteiger partial charge is 0.185 e. The monoisotopic (exact) mass is 255 g/mol. The number of aryl methyl sites for hydroxylation is 2. The molecule has 0 aliphatic rings. The van der Waals surface area contributed by atoms with Gasteiger partial charge in [-0.05, 0) is 42.5 Å². The fourth-order valence-electron chi connectivity index (χ4n) is 1.77. The van der Waals surface area contributed by atoms with Crippen molar-refractivity contribution < 1.29 is 4.79 Å². The van der Waals surface area contributed by atoms with Crippen LogP contribution >= 0.6 is 11.3 Å². The molecule has 1 aromatic carbocycles. The number of carbonyl (C=O) groups is 1. The summed E-state index contributed by atoms with van der Waals surface area (Å²) >= 11 is 1.44. The van der Waals surface area contributed by atoms with Crippen molar-refractivity contribution in [2.24, 2.45) is 0 Å². The molecule has 0 saturated carbocycles. The fourth-order valence-corrected chi connectivity index (χ4v) is 2.54. The molecule has 0 aliphatic carbocycles. The van der Waals surface area contributed by atoms with E-state index in [4.69, 9.17) is 0 Å². The molecule has 0 radical (unpaired) electrons. The Morgan fingerprint density at radius 3 is 2.61 bits per heavy atom. The zero-order valence-corrected chi connectivity index (χ0v) is 11.1. The Hall–Kier alpha value is -1.92. The van der Waals surface area contributed by atoms with Crippen LogP contribution in [-0.2, 0) is 0 Å². The molecule has 90 valence electrons. The van der Waals surface area contributed by atoms with Crippen LogP contribution in [0.3, 0.4) is 0 Å². The van der Waals surface area contributed by atoms with Crippen molar-refractivity contribution in [1.29, 1.82) is 5.26 Å². The molecule has 3 heteroatoms. The van der Waals surface area contributed by atoms with Crippen molar-refractivity contribution in [1.82, 2.24) is 0 Å². The second-order valence-corrected chi connectivity index (χ2v) is 5.22. The van der Waals surface area contributed by atoms with Crippen LogP contribution in [0.25, 0.3) is 0 Å². The van der Waals surface area contributed by atoms with Gasteiger partial charge in [-0.3, -0.25) is 4.79 Å². The van der Waals surface area contributed by atoms with Gasteiger partial charge in [-0.25, -0.2) is 0 Å². The topological polar surface area (TPSA) is 40.9 Å². The zero-order chi connectivity index (χ0) is 13.1. The Labute approximate surface area is 111 Å². The minimum Gasteiger partial charge on any atom is -0.292 e. The van der Waals surface area contributed by atoms with E-state index in [1.54, 1.807) is 6.07 Å². The predicted octanol–water partition coefficient (Wildman–Crippen LogP) is 3.86. The van der Waals surface area contributed by atoms with Crippen molar-refractivity contribution >= 4 is 17.1 Å². The number of ketones is 1. The zero-order valence-electron chi connectivity index (χ0n) is 10.3. The third kappa shape index (κ3) is 2.34. The number of thiophene rings is 1. The maximum atomic E-state index is 12.3. The van der Waals surface area contributed by atoms with Crippen LogP contribution in [0.5, 0.6) is 0 Å². The molecule has 0 saturated heterocycles. The standard InChI is InChI=1S/C15H13NOS/c1-10-5-6-12(8-11(10)2)15(17)13(9-16)14-4-3-7-18-14/h3-8,13H,1-2H3. The number of nitriles is 1. The van der Waals surface area contributed by atoms with Crippen molar-refractivity contribution in [2.75, 3.05) is 0 Å². The number of Topliss-reactive ketones (excluding diaryl/α,β-unsaturated/α-hetero) is 1.